The molecule has 2 unspecified atom stereocenters. The molecule has 2 aromatic rings. The van der Waals surface area contributed by atoms with E-state index in [4.69, 9.17) is 9.47 Å². The molecule has 2 aromatic carbocycles. The fourth-order valence-electron chi connectivity index (χ4n) is 4.86. The number of carbonyl (C=O) groups is 1. The average molecular weight is 577 g/mol. The Morgan fingerprint density at radius 2 is 1.60 bits per heavy atom. The second-order valence-corrected chi connectivity index (χ2v) is 10.8. The van der Waals surface area contributed by atoms with E-state index in [0.29, 0.717) is 18.7 Å². The third-order valence-electron chi connectivity index (χ3n) is 7.43. The van der Waals surface area contributed by atoms with Crippen LogP contribution < -0.4 is 20.1 Å². The zero-order valence-electron chi connectivity index (χ0n) is 24.3. The Labute approximate surface area is 246 Å². The Balaban J connectivity index is 0.00000560. The van der Waals surface area contributed by atoms with Crippen LogP contribution in [0.25, 0.3) is 0 Å². The molecular formula is C32H49ClN2O5. The van der Waals surface area contributed by atoms with E-state index in [-0.39, 0.29) is 42.5 Å². The number of nitrogens with one attached hydrogen (secondary N) is 2. The molecule has 0 saturated carbocycles. The summed E-state index contributed by atoms with van der Waals surface area (Å²) >= 11 is 0. The SMILES string of the molecule is CCCCCCCCCCCCNC(=O)c1cc(C(O)CNC(C)CCc2ccc3c(c2)OCO3)ccc1O.Cl. The molecule has 0 saturated heterocycles. The summed E-state index contributed by atoms with van der Waals surface area (Å²) in [6.07, 6.45) is 13.4. The Morgan fingerprint density at radius 1 is 0.925 bits per heavy atom. The standard InChI is InChI=1S/C32H48N2O5.ClH/c1-3-4-5-6-7-8-9-10-11-12-19-33-32(37)27-21-26(16-17-28(27)35)29(36)22-34-24(2)13-14-25-15-18-30-31(20-25)39-23-38-30;/h15-18,20-21,24,29,34-36H,3-14,19,22-23H2,1-2H3,(H,33,37);1H. The highest BCUT2D eigenvalue weighted by Crippen LogP contribution is 2.33. The lowest BCUT2D eigenvalue weighted by Gasteiger charge is -2.18. The van der Waals surface area contributed by atoms with Crippen LogP contribution in [0.5, 0.6) is 17.2 Å². The van der Waals surface area contributed by atoms with Crippen LogP contribution in [-0.2, 0) is 6.42 Å². The van der Waals surface area contributed by atoms with Crippen molar-refractivity contribution in [3.63, 3.8) is 0 Å². The maximum Gasteiger partial charge on any atom is 0.255 e. The maximum absolute atomic E-state index is 12.7. The summed E-state index contributed by atoms with van der Waals surface area (Å²) in [6, 6.07) is 10.9. The van der Waals surface area contributed by atoms with Crippen molar-refractivity contribution in [2.24, 2.45) is 0 Å². The number of hydrogen-bond acceptors (Lipinski definition) is 6. The van der Waals surface area contributed by atoms with Crippen molar-refractivity contribution in [2.75, 3.05) is 19.9 Å². The molecule has 8 heteroatoms. The number of amides is 1. The number of aliphatic hydroxyl groups is 1. The summed E-state index contributed by atoms with van der Waals surface area (Å²) in [6.45, 7) is 5.54. The molecule has 0 fully saturated rings. The number of aryl methyl sites for hydroxylation is 1. The van der Waals surface area contributed by atoms with E-state index < -0.39 is 6.10 Å². The molecule has 4 N–H and O–H groups in total. The van der Waals surface area contributed by atoms with Crippen LogP contribution in [0.4, 0.5) is 0 Å². The number of aliphatic hydroxyl groups excluding tert-OH is 1. The number of hydrogen-bond donors (Lipinski definition) is 4. The maximum atomic E-state index is 12.7. The smallest absolute Gasteiger partial charge is 0.255 e. The largest absolute Gasteiger partial charge is 0.507 e. The summed E-state index contributed by atoms with van der Waals surface area (Å²) in [5.41, 5.74) is 1.99. The third kappa shape index (κ3) is 11.6. The van der Waals surface area contributed by atoms with E-state index in [1.165, 1.54) is 63.0 Å². The predicted molar refractivity (Wildman–Crippen MR) is 163 cm³/mol. The molecule has 0 bridgehead atoms. The molecule has 3 rings (SSSR count). The molecule has 7 nitrogen and oxygen atoms in total. The first kappa shape index (κ1) is 33.7. The Bertz CT molecular complexity index is 1020. The van der Waals surface area contributed by atoms with Crippen LogP contribution in [0.3, 0.4) is 0 Å². The van der Waals surface area contributed by atoms with Gasteiger partial charge in [-0.25, -0.2) is 0 Å². The topological polar surface area (TPSA) is 100 Å². The molecule has 40 heavy (non-hydrogen) atoms. The average Bonchev–Trinajstić information content (AvgIpc) is 3.41. The van der Waals surface area contributed by atoms with Crippen molar-refractivity contribution in [3.05, 3.63) is 53.1 Å². The van der Waals surface area contributed by atoms with Gasteiger partial charge in [0.25, 0.3) is 5.91 Å². The highest BCUT2D eigenvalue weighted by molar-refractivity contribution is 5.97. The van der Waals surface area contributed by atoms with E-state index in [2.05, 4.69) is 30.5 Å². The van der Waals surface area contributed by atoms with Gasteiger partial charge in [-0.15, -0.1) is 12.4 Å². The fourth-order valence-corrected chi connectivity index (χ4v) is 4.86. The minimum absolute atomic E-state index is 0. The molecule has 1 amide bonds. The van der Waals surface area contributed by atoms with Crippen molar-refractivity contribution < 1.29 is 24.5 Å². The predicted octanol–water partition coefficient (Wildman–Crippen LogP) is 6.84. The van der Waals surface area contributed by atoms with Gasteiger partial charge < -0.3 is 30.3 Å². The molecule has 2 atom stereocenters. The van der Waals surface area contributed by atoms with Crippen molar-refractivity contribution in [3.8, 4) is 17.2 Å². The number of ether oxygens (including phenoxy) is 2. The van der Waals surface area contributed by atoms with Gasteiger partial charge in [0.2, 0.25) is 6.79 Å². The lowest BCUT2D eigenvalue weighted by atomic mass is 10.0. The normalized spacial score (nSPS) is 13.5. The zero-order chi connectivity index (χ0) is 27.9. The third-order valence-corrected chi connectivity index (χ3v) is 7.43. The minimum atomic E-state index is -0.785. The van der Waals surface area contributed by atoms with E-state index >= 15 is 0 Å². The number of unbranched alkanes of at least 4 members (excludes halogenated alkanes) is 9. The van der Waals surface area contributed by atoms with Gasteiger partial charge in [0, 0.05) is 19.1 Å². The first-order valence-electron chi connectivity index (χ1n) is 14.9. The highest BCUT2D eigenvalue weighted by atomic mass is 35.5. The molecule has 0 aromatic heterocycles. The first-order chi connectivity index (χ1) is 19.0. The van der Waals surface area contributed by atoms with Crippen molar-refractivity contribution in [1.82, 2.24) is 10.6 Å². The van der Waals surface area contributed by atoms with E-state index in [0.717, 1.165) is 37.2 Å². The highest BCUT2D eigenvalue weighted by Gasteiger charge is 2.17. The Hall–Kier alpha value is -2.48. The number of fused-ring (bicyclic) bond motifs is 1. The van der Waals surface area contributed by atoms with Gasteiger partial charge in [-0.05, 0) is 61.6 Å². The fraction of sp³-hybridized carbons (Fsp3) is 0.594. The second-order valence-electron chi connectivity index (χ2n) is 10.8. The lowest BCUT2D eigenvalue weighted by Crippen LogP contribution is -2.31. The molecule has 0 radical (unpaired) electrons. The van der Waals surface area contributed by atoms with Gasteiger partial charge in [0.15, 0.2) is 11.5 Å². The first-order valence-corrected chi connectivity index (χ1v) is 14.9. The number of phenolic OH excluding ortho intramolecular Hbond substituents is 1. The summed E-state index contributed by atoms with van der Waals surface area (Å²) in [5, 5.41) is 27.3. The molecule has 0 aliphatic carbocycles. The van der Waals surface area contributed by atoms with Crippen LogP contribution in [0.15, 0.2) is 36.4 Å². The van der Waals surface area contributed by atoms with E-state index in [9.17, 15) is 15.0 Å². The Kier molecular flexibility index (Phi) is 15.8. The summed E-state index contributed by atoms with van der Waals surface area (Å²) in [7, 11) is 0. The Morgan fingerprint density at radius 3 is 2.33 bits per heavy atom. The molecular weight excluding hydrogens is 528 g/mol. The number of rotatable bonds is 19. The number of benzene rings is 2. The lowest BCUT2D eigenvalue weighted by molar-refractivity contribution is 0.0949. The molecule has 1 aliphatic rings. The van der Waals surface area contributed by atoms with Crippen LogP contribution in [0.2, 0.25) is 0 Å². The zero-order valence-corrected chi connectivity index (χ0v) is 25.1. The number of aromatic hydroxyl groups is 1. The van der Waals surface area contributed by atoms with Gasteiger partial charge >= 0.3 is 0 Å². The summed E-state index contributed by atoms with van der Waals surface area (Å²) < 4.78 is 10.8. The van der Waals surface area contributed by atoms with Gasteiger partial charge in [-0.3, -0.25) is 4.79 Å². The molecule has 224 valence electrons. The van der Waals surface area contributed by atoms with Gasteiger partial charge in [0.05, 0.1) is 11.7 Å². The number of carbonyl (C=O) groups excluding carboxylic acids is 1. The van der Waals surface area contributed by atoms with Crippen LogP contribution >= 0.6 is 12.4 Å². The van der Waals surface area contributed by atoms with E-state index in [1.54, 1.807) is 12.1 Å². The summed E-state index contributed by atoms with van der Waals surface area (Å²) in [5.74, 6) is 1.20. The number of halogens is 1. The summed E-state index contributed by atoms with van der Waals surface area (Å²) in [4.78, 5) is 12.7. The van der Waals surface area contributed by atoms with Crippen LogP contribution in [0.1, 0.15) is 112 Å². The monoisotopic (exact) mass is 576 g/mol. The minimum Gasteiger partial charge on any atom is -0.507 e. The number of phenols is 1. The van der Waals surface area contributed by atoms with Crippen molar-refractivity contribution in [2.45, 2.75) is 103 Å². The van der Waals surface area contributed by atoms with Crippen molar-refractivity contribution in [1.29, 1.82) is 0 Å². The van der Waals surface area contributed by atoms with Crippen LogP contribution in [-0.4, -0.2) is 42.0 Å². The quantitative estimate of drug-likeness (QED) is 0.137. The van der Waals surface area contributed by atoms with Gasteiger partial charge in [-0.2, -0.15) is 0 Å². The molecule has 1 heterocycles. The van der Waals surface area contributed by atoms with E-state index in [1.807, 2.05) is 12.1 Å². The van der Waals surface area contributed by atoms with Gasteiger partial charge in [-0.1, -0.05) is 76.8 Å². The van der Waals surface area contributed by atoms with Crippen molar-refractivity contribution >= 4 is 18.3 Å². The molecule has 0 spiro atoms. The van der Waals surface area contributed by atoms with Gasteiger partial charge in [0.1, 0.15) is 5.75 Å². The second kappa shape index (κ2) is 18.8. The van der Waals surface area contributed by atoms with Crippen LogP contribution in [0, 0.1) is 0 Å². The molecule has 1 aliphatic heterocycles.